The number of ether oxygens (including phenoxy) is 1. The Bertz CT molecular complexity index is 613. The van der Waals surface area contributed by atoms with Gasteiger partial charge in [0.05, 0.1) is 18.3 Å². The van der Waals surface area contributed by atoms with Gasteiger partial charge in [-0.05, 0) is 18.6 Å². The number of aliphatic imine (C=N–C) groups is 1. The van der Waals surface area contributed by atoms with E-state index in [1.54, 1.807) is 0 Å². The number of guanidine groups is 1. The maximum atomic E-state index is 5.86. The van der Waals surface area contributed by atoms with E-state index in [9.17, 15) is 0 Å². The van der Waals surface area contributed by atoms with Gasteiger partial charge in [-0.3, -0.25) is 4.99 Å². The summed E-state index contributed by atoms with van der Waals surface area (Å²) >= 11 is 0. The Hall–Kier alpha value is -1.82. The minimum absolute atomic E-state index is 0.141. The van der Waals surface area contributed by atoms with Gasteiger partial charge in [-0.2, -0.15) is 0 Å². The van der Waals surface area contributed by atoms with Gasteiger partial charge in [0.15, 0.2) is 5.96 Å². The van der Waals surface area contributed by atoms with Crippen LogP contribution in [0.1, 0.15) is 26.0 Å². The summed E-state index contributed by atoms with van der Waals surface area (Å²) in [5.74, 6) is 2.38. The van der Waals surface area contributed by atoms with E-state index in [4.69, 9.17) is 4.74 Å². The normalized spacial score (nSPS) is 28.0. The quantitative estimate of drug-likeness (QED) is 0.649. The summed E-state index contributed by atoms with van der Waals surface area (Å²) in [6.45, 7) is 6.07. The molecular weight excluding hydrogens is 302 g/mol. The van der Waals surface area contributed by atoms with Crippen LogP contribution < -0.4 is 15.5 Å². The molecule has 6 heteroatoms. The van der Waals surface area contributed by atoms with Crippen molar-refractivity contribution in [3.63, 3.8) is 0 Å². The second-order valence-electron chi connectivity index (χ2n) is 7.49. The molecule has 3 atom stereocenters. The molecule has 0 bridgehead atoms. The lowest BCUT2D eigenvalue weighted by Gasteiger charge is -2.54. The van der Waals surface area contributed by atoms with E-state index in [2.05, 4.69) is 34.5 Å². The molecule has 24 heavy (non-hydrogen) atoms. The maximum Gasteiger partial charge on any atom is 0.191 e. The molecule has 6 nitrogen and oxygen atoms in total. The molecular formula is C18H29N5O. The highest BCUT2D eigenvalue weighted by Gasteiger charge is 2.59. The second kappa shape index (κ2) is 6.59. The monoisotopic (exact) mass is 331 g/mol. The molecule has 2 N–H and O–H groups in total. The van der Waals surface area contributed by atoms with E-state index in [-0.39, 0.29) is 5.41 Å². The molecule has 1 saturated heterocycles. The van der Waals surface area contributed by atoms with Crippen LogP contribution in [0.25, 0.3) is 0 Å². The fourth-order valence-corrected chi connectivity index (χ4v) is 3.95. The first-order valence-corrected chi connectivity index (χ1v) is 8.65. The molecule has 1 aromatic rings. The van der Waals surface area contributed by atoms with Crippen LogP contribution in [0.2, 0.25) is 0 Å². The van der Waals surface area contributed by atoms with Crippen LogP contribution in [0.4, 0.5) is 5.82 Å². The highest BCUT2D eigenvalue weighted by atomic mass is 16.5. The van der Waals surface area contributed by atoms with Gasteiger partial charge in [0.25, 0.3) is 0 Å². The summed E-state index contributed by atoms with van der Waals surface area (Å²) < 4.78 is 5.86. The van der Waals surface area contributed by atoms with Crippen molar-refractivity contribution in [3.05, 3.63) is 23.9 Å². The highest BCUT2D eigenvalue weighted by Crippen LogP contribution is 2.52. The minimum Gasteiger partial charge on any atom is -0.377 e. The van der Waals surface area contributed by atoms with Gasteiger partial charge in [0.1, 0.15) is 5.82 Å². The van der Waals surface area contributed by atoms with Crippen LogP contribution in [0.3, 0.4) is 0 Å². The van der Waals surface area contributed by atoms with Crippen LogP contribution in [-0.4, -0.2) is 50.8 Å². The summed E-state index contributed by atoms with van der Waals surface area (Å²) in [6, 6.07) is 6.47. The molecule has 132 valence electrons. The molecule has 1 aliphatic heterocycles. The van der Waals surface area contributed by atoms with Gasteiger partial charge in [-0.25, -0.2) is 4.98 Å². The van der Waals surface area contributed by atoms with Crippen molar-refractivity contribution in [3.8, 4) is 0 Å². The van der Waals surface area contributed by atoms with Crippen LogP contribution in [0, 0.1) is 11.3 Å². The van der Waals surface area contributed by atoms with Crippen LogP contribution >= 0.6 is 0 Å². The average molecular weight is 331 g/mol. The molecule has 3 unspecified atom stereocenters. The van der Waals surface area contributed by atoms with E-state index in [1.807, 2.05) is 44.2 Å². The first kappa shape index (κ1) is 17.0. The number of nitrogens with one attached hydrogen (secondary N) is 2. The van der Waals surface area contributed by atoms with Crippen LogP contribution in [-0.2, 0) is 11.3 Å². The zero-order valence-electron chi connectivity index (χ0n) is 15.3. The standard InChI is InChI=1S/C18H29N5O/c1-18(2)15(13-9-10-24-16(13)18)22-17(19-3)20-11-12-7-6-8-14(21-12)23(4)5/h6-8,13,15-16H,9-11H2,1-5H3,(H2,19,20,22). The van der Waals surface area contributed by atoms with E-state index in [0.717, 1.165) is 30.5 Å². The fraction of sp³-hybridized carbons (Fsp3) is 0.667. The first-order valence-electron chi connectivity index (χ1n) is 8.65. The predicted octanol–water partition coefficient (Wildman–Crippen LogP) is 1.63. The number of hydrogen-bond donors (Lipinski definition) is 2. The van der Waals surface area contributed by atoms with Gasteiger partial charge in [0.2, 0.25) is 0 Å². The Kier molecular flexibility index (Phi) is 4.67. The SMILES string of the molecule is CN=C(NCc1cccc(N(C)C)n1)NC1C2CCOC2C1(C)C. The third-order valence-corrected chi connectivity index (χ3v) is 5.30. The predicted molar refractivity (Wildman–Crippen MR) is 97.3 cm³/mol. The van der Waals surface area contributed by atoms with Crippen molar-refractivity contribution in [2.24, 2.45) is 16.3 Å². The molecule has 3 rings (SSSR count). The molecule has 2 aliphatic rings. The molecule has 0 radical (unpaired) electrons. The lowest BCUT2D eigenvalue weighted by Crippen LogP contribution is -2.67. The van der Waals surface area contributed by atoms with E-state index in [0.29, 0.717) is 24.6 Å². The molecule has 1 saturated carbocycles. The van der Waals surface area contributed by atoms with Crippen LogP contribution in [0.5, 0.6) is 0 Å². The summed E-state index contributed by atoms with van der Waals surface area (Å²) in [5.41, 5.74) is 1.14. The Morgan fingerprint density at radius 3 is 2.92 bits per heavy atom. The Balaban J connectivity index is 1.59. The van der Waals surface area contributed by atoms with Crippen LogP contribution in [0.15, 0.2) is 23.2 Å². The van der Waals surface area contributed by atoms with Crippen molar-refractivity contribution >= 4 is 11.8 Å². The van der Waals surface area contributed by atoms with Crippen molar-refractivity contribution in [1.82, 2.24) is 15.6 Å². The molecule has 0 spiro atoms. The number of rotatable bonds is 4. The third kappa shape index (κ3) is 3.07. The summed E-state index contributed by atoms with van der Waals surface area (Å²) in [5, 5.41) is 6.98. The van der Waals surface area contributed by atoms with E-state index in [1.165, 1.54) is 0 Å². The molecule has 0 amide bonds. The largest absolute Gasteiger partial charge is 0.377 e. The van der Waals surface area contributed by atoms with Crippen molar-refractivity contribution in [2.75, 3.05) is 32.6 Å². The van der Waals surface area contributed by atoms with Crippen molar-refractivity contribution < 1.29 is 4.74 Å². The maximum absolute atomic E-state index is 5.86. The lowest BCUT2D eigenvalue weighted by atomic mass is 9.57. The molecule has 2 fully saturated rings. The molecule has 1 aromatic heterocycles. The minimum atomic E-state index is 0.141. The number of hydrogen-bond acceptors (Lipinski definition) is 4. The van der Waals surface area contributed by atoms with Gasteiger partial charge in [-0.1, -0.05) is 19.9 Å². The summed E-state index contributed by atoms with van der Waals surface area (Å²) in [4.78, 5) is 11.0. The highest BCUT2D eigenvalue weighted by molar-refractivity contribution is 5.80. The third-order valence-electron chi connectivity index (χ3n) is 5.30. The van der Waals surface area contributed by atoms with Crippen molar-refractivity contribution in [1.29, 1.82) is 0 Å². The van der Waals surface area contributed by atoms with E-state index < -0.39 is 0 Å². The zero-order valence-corrected chi connectivity index (χ0v) is 15.3. The van der Waals surface area contributed by atoms with Crippen molar-refractivity contribution in [2.45, 2.75) is 39.0 Å². The molecule has 0 aromatic carbocycles. The molecule has 1 aliphatic carbocycles. The zero-order chi connectivity index (χ0) is 17.3. The Morgan fingerprint density at radius 1 is 1.42 bits per heavy atom. The summed E-state index contributed by atoms with van der Waals surface area (Å²) in [7, 11) is 5.81. The number of nitrogens with zero attached hydrogens (tertiary/aromatic N) is 3. The topological polar surface area (TPSA) is 61.8 Å². The fourth-order valence-electron chi connectivity index (χ4n) is 3.95. The Labute approximate surface area is 144 Å². The second-order valence-corrected chi connectivity index (χ2v) is 7.49. The summed E-state index contributed by atoms with van der Waals surface area (Å²) in [6.07, 6.45) is 1.52. The van der Waals surface area contributed by atoms with Gasteiger partial charge < -0.3 is 20.3 Å². The number of anilines is 1. The Morgan fingerprint density at radius 2 is 2.21 bits per heavy atom. The van der Waals surface area contributed by atoms with Gasteiger partial charge in [0, 0.05) is 45.1 Å². The van der Waals surface area contributed by atoms with Gasteiger partial charge >= 0.3 is 0 Å². The average Bonchev–Trinajstić information content (AvgIpc) is 3.02. The lowest BCUT2D eigenvalue weighted by molar-refractivity contribution is -0.106. The van der Waals surface area contributed by atoms with E-state index >= 15 is 0 Å². The molecule has 2 heterocycles. The number of fused-ring (bicyclic) bond motifs is 1. The number of pyridine rings is 1. The van der Waals surface area contributed by atoms with Gasteiger partial charge in [-0.15, -0.1) is 0 Å². The smallest absolute Gasteiger partial charge is 0.191 e. The number of aromatic nitrogens is 1. The first-order chi connectivity index (χ1) is 11.4.